The van der Waals surface area contributed by atoms with Crippen molar-refractivity contribution in [1.29, 1.82) is 0 Å². The number of aromatic nitrogens is 4. The molecule has 0 fully saturated rings. The van der Waals surface area contributed by atoms with Crippen LogP contribution in [0.5, 0.6) is 0 Å². The summed E-state index contributed by atoms with van der Waals surface area (Å²) in [6.45, 7) is 0. The Hall–Kier alpha value is -5.68. The van der Waals surface area contributed by atoms with E-state index < -0.39 is 0 Å². The van der Waals surface area contributed by atoms with Crippen molar-refractivity contribution in [3.8, 4) is 39.9 Å². The molecule has 0 N–H and O–H groups in total. The van der Waals surface area contributed by atoms with Crippen molar-refractivity contribution in [2.45, 2.75) is 0 Å². The topological polar surface area (TPSA) is 56.7 Å². The average Bonchev–Trinajstić information content (AvgIpc) is 3.71. The fraction of sp³-hybridized carbons (Fsp3) is 0. The largest absolute Gasteiger partial charge is 0.455 e. The number of hydrogen-bond acceptors (Lipinski definition) is 4. The van der Waals surface area contributed by atoms with Gasteiger partial charge in [0.1, 0.15) is 58.2 Å². The molecule has 3 aromatic heterocycles. The van der Waals surface area contributed by atoms with Gasteiger partial charge in [0, 0.05) is 38.6 Å². The lowest BCUT2D eigenvalue weighted by Gasteiger charge is -2.14. The summed E-state index contributed by atoms with van der Waals surface area (Å²) in [5, 5.41) is 2.91. The average molecular weight is 623 g/mol. The minimum Gasteiger partial charge on any atom is -0.455 e. The number of hydrogen-bond donors (Lipinski definition) is 0. The molecule has 0 aliphatic carbocycles. The first-order chi connectivity index (χ1) is 24.3. The van der Waals surface area contributed by atoms with Crippen molar-refractivity contribution in [3.63, 3.8) is 0 Å². The van der Waals surface area contributed by atoms with Crippen molar-refractivity contribution in [2.75, 3.05) is 0 Å². The van der Waals surface area contributed by atoms with Crippen LogP contribution in [0, 0.1) is 0 Å². The summed E-state index contributed by atoms with van der Waals surface area (Å²) < 4.78 is 8.51. The van der Waals surface area contributed by atoms with Crippen LogP contribution in [-0.4, -0.2) is 66.6 Å². The minimum absolute atomic E-state index is 0.336. The third kappa shape index (κ3) is 4.60. The van der Waals surface area contributed by atoms with Gasteiger partial charge in [-0.05, 0) is 35.0 Å². The van der Waals surface area contributed by atoms with Crippen molar-refractivity contribution in [3.05, 3.63) is 109 Å². The highest BCUT2D eigenvalue weighted by Crippen LogP contribution is 2.37. The molecule has 0 aliphatic heterocycles. The molecule has 218 valence electrons. The highest BCUT2D eigenvalue weighted by molar-refractivity contribution is 6.62. The maximum Gasteiger partial charge on any atom is 0.167 e. The molecule has 50 heavy (non-hydrogen) atoms. The Labute approximate surface area is 295 Å². The fourth-order valence-corrected chi connectivity index (χ4v) is 6.85. The second-order valence-electron chi connectivity index (χ2n) is 12.2. The molecule has 0 aliphatic rings. The predicted molar refractivity (Wildman–Crippen MR) is 210 cm³/mol. The van der Waals surface area contributed by atoms with Gasteiger partial charge in [-0.15, -0.1) is 10.9 Å². The third-order valence-corrected chi connectivity index (χ3v) is 9.18. The monoisotopic (exact) mass is 624 g/mol. The summed E-state index contributed by atoms with van der Waals surface area (Å²) in [7, 11) is 39.0. The Morgan fingerprint density at radius 2 is 1.02 bits per heavy atom. The summed E-state index contributed by atoms with van der Waals surface area (Å²) in [4.78, 5) is 14.7. The Bertz CT molecular complexity index is 2700. The molecular formula is C39H18B6N4O. The Morgan fingerprint density at radius 1 is 0.480 bits per heavy atom. The van der Waals surface area contributed by atoms with Gasteiger partial charge in [0.05, 0.1) is 5.56 Å². The van der Waals surface area contributed by atoms with Crippen molar-refractivity contribution in [2.24, 2.45) is 0 Å². The number of nitrogens with zero attached hydrogens (tertiary/aromatic N) is 4. The summed E-state index contributed by atoms with van der Waals surface area (Å²) in [6, 6.07) is 34.8. The lowest BCUT2D eigenvalue weighted by Crippen LogP contribution is -2.33. The molecule has 9 aromatic rings. The quantitative estimate of drug-likeness (QED) is 0.283. The van der Waals surface area contributed by atoms with Crippen LogP contribution in [0.1, 0.15) is 0 Å². The highest BCUT2D eigenvalue weighted by atomic mass is 16.3. The Kier molecular flexibility index (Phi) is 6.96. The Balaban J connectivity index is 1.30. The lowest BCUT2D eigenvalue weighted by molar-refractivity contribution is 0.669. The van der Waals surface area contributed by atoms with E-state index in [2.05, 4.69) is 0 Å². The molecule has 9 rings (SSSR count). The lowest BCUT2D eigenvalue weighted by atomic mass is 9.71. The number of para-hydroxylation sites is 1. The fourth-order valence-electron chi connectivity index (χ4n) is 6.85. The van der Waals surface area contributed by atoms with Gasteiger partial charge in [-0.1, -0.05) is 107 Å². The first kappa shape index (κ1) is 30.4. The molecule has 3 heterocycles. The summed E-state index contributed by atoms with van der Waals surface area (Å²) in [6.07, 6.45) is 0. The van der Waals surface area contributed by atoms with Gasteiger partial charge in [0.25, 0.3) is 0 Å². The second-order valence-corrected chi connectivity index (χ2v) is 12.2. The third-order valence-electron chi connectivity index (χ3n) is 9.18. The maximum atomic E-state index is 6.64. The molecule has 0 saturated carbocycles. The number of benzene rings is 6. The first-order valence-electron chi connectivity index (χ1n) is 15.9. The van der Waals surface area contributed by atoms with Crippen molar-refractivity contribution >= 4 is 124 Å². The van der Waals surface area contributed by atoms with E-state index in [-0.39, 0.29) is 0 Å². The van der Waals surface area contributed by atoms with E-state index in [1.54, 1.807) is 12.1 Å². The normalized spacial score (nSPS) is 11.7. The van der Waals surface area contributed by atoms with Crippen molar-refractivity contribution < 1.29 is 4.42 Å². The van der Waals surface area contributed by atoms with Crippen LogP contribution < -0.4 is 32.8 Å². The van der Waals surface area contributed by atoms with Crippen LogP contribution >= 0.6 is 0 Å². The van der Waals surface area contributed by atoms with Crippen LogP contribution in [0.2, 0.25) is 0 Å². The molecule has 0 spiro atoms. The molecular weight excluding hydrogens is 605 g/mol. The van der Waals surface area contributed by atoms with E-state index in [0.717, 1.165) is 33.2 Å². The van der Waals surface area contributed by atoms with Gasteiger partial charge in [-0.2, -0.15) is 0 Å². The zero-order valence-corrected chi connectivity index (χ0v) is 26.6. The maximum absolute atomic E-state index is 6.64. The second kappa shape index (κ2) is 11.4. The van der Waals surface area contributed by atoms with Gasteiger partial charge in [-0.25, -0.2) is 15.0 Å². The van der Waals surface area contributed by atoms with E-state index >= 15 is 0 Å². The molecule has 11 heteroatoms. The number of rotatable bonds is 4. The zero-order chi connectivity index (χ0) is 34.3. The molecule has 0 saturated heterocycles. The predicted octanol–water partition coefficient (Wildman–Crippen LogP) is 2.63. The zero-order valence-electron chi connectivity index (χ0n) is 26.6. The minimum atomic E-state index is 0.336. The smallest absolute Gasteiger partial charge is 0.167 e. The van der Waals surface area contributed by atoms with Gasteiger partial charge in [0.15, 0.2) is 17.5 Å². The van der Waals surface area contributed by atoms with Crippen LogP contribution in [0.25, 0.3) is 83.6 Å². The van der Waals surface area contributed by atoms with E-state index in [1.807, 2.05) is 102 Å². The SMILES string of the molecule is [B]c1cc([B])c2c(c1[B])c1c([B])c([B])cc([B])c1n2-c1ccc2oc3c(-c4nc(-c5ccccc5)nc(-c5ccccc5)n4)cccc3c2c1. The molecule has 12 radical (unpaired) electrons. The van der Waals surface area contributed by atoms with Crippen LogP contribution in [-0.2, 0) is 0 Å². The van der Waals surface area contributed by atoms with E-state index in [0.29, 0.717) is 83.2 Å². The summed E-state index contributed by atoms with van der Waals surface area (Å²) in [5.74, 6) is 1.61. The van der Waals surface area contributed by atoms with Crippen LogP contribution in [0.15, 0.2) is 114 Å². The van der Waals surface area contributed by atoms with Gasteiger partial charge < -0.3 is 8.98 Å². The van der Waals surface area contributed by atoms with Gasteiger partial charge in [-0.3, -0.25) is 0 Å². The summed E-state index contributed by atoms with van der Waals surface area (Å²) in [5.41, 5.74) is 7.99. The van der Waals surface area contributed by atoms with Gasteiger partial charge >= 0.3 is 0 Å². The van der Waals surface area contributed by atoms with E-state index in [1.165, 1.54) is 0 Å². The van der Waals surface area contributed by atoms with E-state index in [4.69, 9.17) is 66.4 Å². The van der Waals surface area contributed by atoms with Crippen LogP contribution in [0.3, 0.4) is 0 Å². The molecule has 0 bridgehead atoms. The van der Waals surface area contributed by atoms with Crippen molar-refractivity contribution in [1.82, 2.24) is 19.5 Å². The molecule has 0 amide bonds. The molecule has 0 unspecified atom stereocenters. The number of fused-ring (bicyclic) bond motifs is 6. The Morgan fingerprint density at radius 3 is 1.58 bits per heavy atom. The first-order valence-corrected chi connectivity index (χ1v) is 15.9. The molecule has 6 aromatic carbocycles. The standard InChI is InChI=1S/C39H18B6N4O/c40-25-17-27(42)34-30(32(25)44)31-33(45)26(41)18-28(43)35(31)49(34)21-14-15-29-24(16-21)22-12-7-13-23(36(22)50-29)39-47-37(19-8-3-1-4-9-19)46-38(48-39)20-10-5-2-6-11-20/h1-18H. The van der Waals surface area contributed by atoms with Crippen LogP contribution in [0.4, 0.5) is 0 Å². The molecule has 0 atom stereocenters. The highest BCUT2D eigenvalue weighted by Gasteiger charge is 2.22. The van der Waals surface area contributed by atoms with E-state index in [9.17, 15) is 0 Å². The van der Waals surface area contributed by atoms with Gasteiger partial charge in [0.2, 0.25) is 0 Å². The summed E-state index contributed by atoms with van der Waals surface area (Å²) >= 11 is 0. The number of furan rings is 1. The molecule has 5 nitrogen and oxygen atoms in total.